The third kappa shape index (κ3) is 5.09. The number of rotatable bonds is 8. The standard InChI is InChI=1S/C55H39N/c1-3-17-38(4-2)45-34-32-43(36-50(45)41-20-9-6-10-21-41)56(42-30-28-40(29-31-42)39-18-7-5-8-19-39)44-33-35-49-48-24-13-16-27-53(48)55(54(49)37-44)51-25-14-11-22-46(51)47-23-12-15-26-52(47)55/h3-37H,1-2H2/b38-17+. The molecular weight excluding hydrogens is 675 g/mol. The first-order chi connectivity index (χ1) is 27.7. The lowest BCUT2D eigenvalue weighted by Gasteiger charge is -2.32. The van der Waals surface area contributed by atoms with E-state index >= 15 is 0 Å². The van der Waals surface area contributed by atoms with E-state index in [1.54, 1.807) is 0 Å². The molecule has 0 unspecified atom stereocenters. The van der Waals surface area contributed by atoms with Gasteiger partial charge in [-0.1, -0.05) is 189 Å². The van der Waals surface area contributed by atoms with Gasteiger partial charge in [-0.25, -0.2) is 0 Å². The van der Waals surface area contributed by atoms with E-state index in [4.69, 9.17) is 0 Å². The molecule has 0 aliphatic heterocycles. The van der Waals surface area contributed by atoms with Crippen LogP contribution in [0.15, 0.2) is 226 Å². The monoisotopic (exact) mass is 713 g/mol. The van der Waals surface area contributed by atoms with Crippen molar-refractivity contribution in [3.8, 4) is 44.5 Å². The summed E-state index contributed by atoms with van der Waals surface area (Å²) in [6, 6.07) is 71.1. The number of fused-ring (bicyclic) bond motifs is 10. The molecule has 0 bridgehead atoms. The molecule has 0 saturated carbocycles. The second-order valence-corrected chi connectivity index (χ2v) is 14.5. The summed E-state index contributed by atoms with van der Waals surface area (Å²) in [5.41, 5.74) is 20.1. The Balaban J connectivity index is 1.23. The minimum absolute atomic E-state index is 0.439. The fraction of sp³-hybridized carbons (Fsp3) is 0.0182. The quantitative estimate of drug-likeness (QED) is 0.142. The van der Waals surface area contributed by atoms with Gasteiger partial charge in [-0.2, -0.15) is 0 Å². The number of nitrogens with zero attached hydrogens (tertiary/aromatic N) is 1. The Kier molecular flexibility index (Phi) is 8.08. The highest BCUT2D eigenvalue weighted by Gasteiger charge is 2.51. The van der Waals surface area contributed by atoms with E-state index in [2.05, 4.69) is 212 Å². The lowest BCUT2D eigenvalue weighted by Crippen LogP contribution is -2.26. The van der Waals surface area contributed by atoms with Crippen molar-refractivity contribution in [1.29, 1.82) is 0 Å². The second kappa shape index (κ2) is 13.6. The van der Waals surface area contributed by atoms with Crippen LogP contribution in [0.5, 0.6) is 0 Å². The van der Waals surface area contributed by atoms with Gasteiger partial charge in [-0.3, -0.25) is 0 Å². The van der Waals surface area contributed by atoms with Crippen LogP contribution in [-0.2, 0) is 5.41 Å². The number of hydrogen-bond donors (Lipinski definition) is 0. The van der Waals surface area contributed by atoms with Crippen LogP contribution in [0.3, 0.4) is 0 Å². The fourth-order valence-corrected chi connectivity index (χ4v) is 9.28. The summed E-state index contributed by atoms with van der Waals surface area (Å²) in [5, 5.41) is 0. The van der Waals surface area contributed by atoms with E-state index in [0.29, 0.717) is 0 Å². The zero-order chi connectivity index (χ0) is 37.6. The molecule has 0 fully saturated rings. The Labute approximate surface area is 329 Å². The average Bonchev–Trinajstić information content (AvgIpc) is 3.74. The molecule has 0 heterocycles. The van der Waals surface area contributed by atoms with Crippen molar-refractivity contribution in [2.45, 2.75) is 5.41 Å². The van der Waals surface area contributed by atoms with Crippen molar-refractivity contribution in [2.75, 3.05) is 4.90 Å². The zero-order valence-corrected chi connectivity index (χ0v) is 31.1. The summed E-state index contributed by atoms with van der Waals surface area (Å²) < 4.78 is 0. The van der Waals surface area contributed by atoms with Crippen molar-refractivity contribution in [3.63, 3.8) is 0 Å². The summed E-state index contributed by atoms with van der Waals surface area (Å²) in [7, 11) is 0. The summed E-state index contributed by atoms with van der Waals surface area (Å²) in [5.74, 6) is 0. The van der Waals surface area contributed by atoms with Gasteiger partial charge in [0.25, 0.3) is 0 Å². The predicted octanol–water partition coefficient (Wildman–Crippen LogP) is 14.6. The minimum Gasteiger partial charge on any atom is -0.310 e. The maximum atomic E-state index is 4.17. The fourth-order valence-electron chi connectivity index (χ4n) is 9.28. The van der Waals surface area contributed by atoms with Crippen molar-refractivity contribution in [1.82, 2.24) is 0 Å². The number of allylic oxidation sites excluding steroid dienone is 4. The molecular formula is C55H39N. The van der Waals surface area contributed by atoms with Crippen LogP contribution in [0.25, 0.3) is 50.1 Å². The first-order valence-electron chi connectivity index (χ1n) is 19.2. The van der Waals surface area contributed by atoms with Crippen molar-refractivity contribution in [3.05, 3.63) is 253 Å². The maximum absolute atomic E-state index is 4.17. The van der Waals surface area contributed by atoms with Crippen LogP contribution in [-0.4, -0.2) is 0 Å². The predicted molar refractivity (Wildman–Crippen MR) is 237 cm³/mol. The van der Waals surface area contributed by atoms with Gasteiger partial charge in [0.2, 0.25) is 0 Å². The Hall–Kier alpha value is -7.22. The molecule has 0 saturated heterocycles. The second-order valence-electron chi connectivity index (χ2n) is 14.5. The molecule has 1 spiro atoms. The summed E-state index contributed by atoms with van der Waals surface area (Å²) >= 11 is 0. The van der Waals surface area contributed by atoms with Crippen molar-refractivity contribution >= 4 is 22.6 Å². The largest absolute Gasteiger partial charge is 0.310 e. The van der Waals surface area contributed by atoms with Gasteiger partial charge < -0.3 is 4.90 Å². The molecule has 8 aromatic rings. The van der Waals surface area contributed by atoms with Crippen LogP contribution in [0.1, 0.15) is 27.8 Å². The van der Waals surface area contributed by atoms with Gasteiger partial charge in [0.1, 0.15) is 0 Å². The molecule has 0 radical (unpaired) electrons. The SMILES string of the molecule is C=C/C=C(\C=C)c1ccc(N(c2ccc(-c3ccccc3)cc2)c2ccc3c(c2)C2(c4ccccc4-c4ccccc42)c2ccccc2-3)cc1-c1ccccc1. The average molecular weight is 714 g/mol. The van der Waals surface area contributed by atoms with Crippen LogP contribution in [0, 0.1) is 0 Å². The highest BCUT2D eigenvalue weighted by molar-refractivity contribution is 5.97. The molecule has 2 aliphatic carbocycles. The number of benzene rings is 8. The molecule has 0 amide bonds. The zero-order valence-electron chi connectivity index (χ0n) is 31.1. The molecule has 1 heteroatoms. The maximum Gasteiger partial charge on any atom is 0.0726 e. The minimum atomic E-state index is -0.439. The normalized spacial score (nSPS) is 13.0. The van der Waals surface area contributed by atoms with Gasteiger partial charge >= 0.3 is 0 Å². The molecule has 264 valence electrons. The first kappa shape index (κ1) is 33.4. The van der Waals surface area contributed by atoms with E-state index in [0.717, 1.165) is 39.3 Å². The third-order valence-corrected chi connectivity index (χ3v) is 11.6. The number of anilines is 3. The molecule has 0 aromatic heterocycles. The van der Waals surface area contributed by atoms with Gasteiger partial charge in [0, 0.05) is 17.1 Å². The van der Waals surface area contributed by atoms with E-state index in [9.17, 15) is 0 Å². The molecule has 10 rings (SSSR count). The molecule has 8 aromatic carbocycles. The van der Waals surface area contributed by atoms with Gasteiger partial charge in [0.15, 0.2) is 0 Å². The Bertz CT molecular complexity index is 2760. The van der Waals surface area contributed by atoms with Crippen molar-refractivity contribution in [2.24, 2.45) is 0 Å². The molecule has 0 N–H and O–H groups in total. The van der Waals surface area contributed by atoms with E-state index in [-0.39, 0.29) is 0 Å². The van der Waals surface area contributed by atoms with Crippen LogP contribution < -0.4 is 4.90 Å². The van der Waals surface area contributed by atoms with E-state index < -0.39 is 5.41 Å². The van der Waals surface area contributed by atoms with Crippen molar-refractivity contribution < 1.29 is 0 Å². The van der Waals surface area contributed by atoms with Gasteiger partial charge in [-0.05, 0) is 114 Å². The first-order valence-corrected chi connectivity index (χ1v) is 19.2. The van der Waals surface area contributed by atoms with Crippen LogP contribution in [0.4, 0.5) is 17.1 Å². The lowest BCUT2D eigenvalue weighted by atomic mass is 9.70. The summed E-state index contributed by atoms with van der Waals surface area (Å²) in [6.45, 7) is 8.17. The lowest BCUT2D eigenvalue weighted by molar-refractivity contribution is 0.793. The smallest absolute Gasteiger partial charge is 0.0726 e. The van der Waals surface area contributed by atoms with E-state index in [1.807, 2.05) is 18.2 Å². The summed E-state index contributed by atoms with van der Waals surface area (Å²) in [6.07, 6.45) is 5.78. The Morgan fingerprint density at radius 2 is 0.857 bits per heavy atom. The molecule has 0 atom stereocenters. The van der Waals surface area contributed by atoms with Crippen LogP contribution in [0.2, 0.25) is 0 Å². The van der Waals surface area contributed by atoms with Gasteiger partial charge in [-0.15, -0.1) is 0 Å². The van der Waals surface area contributed by atoms with Gasteiger partial charge in [0.05, 0.1) is 5.41 Å². The number of hydrogen-bond acceptors (Lipinski definition) is 1. The third-order valence-electron chi connectivity index (χ3n) is 11.6. The highest BCUT2D eigenvalue weighted by atomic mass is 15.1. The topological polar surface area (TPSA) is 3.24 Å². The van der Waals surface area contributed by atoms with E-state index in [1.165, 1.54) is 55.6 Å². The molecule has 2 aliphatic rings. The molecule has 56 heavy (non-hydrogen) atoms. The highest BCUT2D eigenvalue weighted by Crippen LogP contribution is 2.63. The Morgan fingerprint density at radius 3 is 1.43 bits per heavy atom. The molecule has 1 nitrogen and oxygen atoms in total. The van der Waals surface area contributed by atoms with Crippen LogP contribution >= 0.6 is 0 Å². The summed E-state index contributed by atoms with van der Waals surface area (Å²) in [4.78, 5) is 2.42. The Morgan fingerprint density at radius 1 is 0.393 bits per heavy atom.